The zero-order valence-corrected chi connectivity index (χ0v) is 16.1. The Hall–Kier alpha value is -3.15. The molecule has 0 amide bonds. The van der Waals surface area contributed by atoms with E-state index in [1.54, 1.807) is 6.07 Å². The van der Waals surface area contributed by atoms with Gasteiger partial charge in [0.2, 0.25) is 0 Å². The molecule has 3 aromatic heterocycles. The highest BCUT2D eigenvalue weighted by Crippen LogP contribution is 2.24. The lowest BCUT2D eigenvalue weighted by Crippen LogP contribution is -2.16. The Morgan fingerprint density at radius 1 is 1.07 bits per heavy atom. The van der Waals surface area contributed by atoms with Gasteiger partial charge in [0.15, 0.2) is 5.65 Å². The van der Waals surface area contributed by atoms with E-state index in [1.807, 2.05) is 32.9 Å². The van der Waals surface area contributed by atoms with E-state index in [0.717, 1.165) is 40.3 Å². The molecule has 0 aliphatic rings. The highest BCUT2D eigenvalue weighted by atomic mass is 16.1. The second-order valence-corrected chi connectivity index (χ2v) is 7.14. The summed E-state index contributed by atoms with van der Waals surface area (Å²) >= 11 is 0. The van der Waals surface area contributed by atoms with Crippen LogP contribution in [-0.4, -0.2) is 24.8 Å². The van der Waals surface area contributed by atoms with Gasteiger partial charge in [-0.1, -0.05) is 23.8 Å². The van der Waals surface area contributed by atoms with Gasteiger partial charge < -0.3 is 0 Å². The van der Waals surface area contributed by atoms with Gasteiger partial charge in [-0.25, -0.2) is 9.50 Å². The summed E-state index contributed by atoms with van der Waals surface area (Å²) in [5, 5.41) is 10.5. The molecule has 4 rings (SSSR count). The summed E-state index contributed by atoms with van der Waals surface area (Å²) in [6.07, 6.45) is 1.52. The van der Waals surface area contributed by atoms with Gasteiger partial charge in [0, 0.05) is 28.6 Å². The van der Waals surface area contributed by atoms with E-state index in [1.165, 1.54) is 15.6 Å². The predicted molar refractivity (Wildman–Crippen MR) is 106 cm³/mol. The van der Waals surface area contributed by atoms with Crippen LogP contribution in [0.1, 0.15) is 33.8 Å². The van der Waals surface area contributed by atoms with E-state index in [4.69, 9.17) is 4.98 Å². The third-order valence-electron chi connectivity index (χ3n) is 5.12. The lowest BCUT2D eigenvalue weighted by atomic mass is 10.1. The van der Waals surface area contributed by atoms with Crippen molar-refractivity contribution in [3.8, 4) is 11.3 Å². The minimum absolute atomic E-state index is 0.0855. The standard InChI is InChI=1S/C21H23N5O/c1-12-6-5-7-16(10-12)20-13(2)21-22-17(11-19(27)26(21)25-20)8-9-18-14(3)23-24-15(18)4/h5-7,10-11,25H,8-9H2,1-4H3,(H,23,24). The van der Waals surface area contributed by atoms with Gasteiger partial charge in [-0.3, -0.25) is 15.0 Å². The third kappa shape index (κ3) is 3.07. The van der Waals surface area contributed by atoms with Gasteiger partial charge in [-0.2, -0.15) is 5.10 Å². The van der Waals surface area contributed by atoms with Crippen LogP contribution < -0.4 is 5.56 Å². The molecule has 0 aliphatic carbocycles. The van der Waals surface area contributed by atoms with Crippen LogP contribution in [0.3, 0.4) is 0 Å². The zero-order valence-electron chi connectivity index (χ0n) is 16.1. The van der Waals surface area contributed by atoms with Crippen molar-refractivity contribution in [3.05, 3.63) is 74.5 Å². The molecular formula is C21H23N5O. The van der Waals surface area contributed by atoms with Crippen molar-refractivity contribution >= 4 is 5.65 Å². The minimum atomic E-state index is -0.0855. The van der Waals surface area contributed by atoms with Crippen LogP contribution in [-0.2, 0) is 12.8 Å². The molecule has 0 unspecified atom stereocenters. The molecule has 0 bridgehead atoms. The minimum Gasteiger partial charge on any atom is -0.289 e. The molecule has 0 atom stereocenters. The lowest BCUT2D eigenvalue weighted by molar-refractivity contribution is 0.849. The second-order valence-electron chi connectivity index (χ2n) is 7.14. The number of fused-ring (bicyclic) bond motifs is 1. The Labute approximate surface area is 157 Å². The van der Waals surface area contributed by atoms with Gasteiger partial charge in [0.25, 0.3) is 5.56 Å². The van der Waals surface area contributed by atoms with Crippen LogP contribution in [0.15, 0.2) is 35.1 Å². The van der Waals surface area contributed by atoms with Gasteiger partial charge in [0.1, 0.15) is 0 Å². The number of aryl methyl sites for hydroxylation is 5. The van der Waals surface area contributed by atoms with E-state index in [2.05, 4.69) is 34.4 Å². The molecule has 3 heterocycles. The van der Waals surface area contributed by atoms with Crippen molar-refractivity contribution in [3.63, 3.8) is 0 Å². The highest BCUT2D eigenvalue weighted by Gasteiger charge is 2.14. The van der Waals surface area contributed by atoms with Crippen molar-refractivity contribution in [1.29, 1.82) is 0 Å². The largest absolute Gasteiger partial charge is 0.289 e. The van der Waals surface area contributed by atoms with Crippen LogP contribution in [0.25, 0.3) is 16.9 Å². The number of H-pyrrole nitrogens is 2. The van der Waals surface area contributed by atoms with E-state index in [-0.39, 0.29) is 5.56 Å². The Morgan fingerprint density at radius 3 is 2.59 bits per heavy atom. The number of hydrogen-bond donors (Lipinski definition) is 2. The molecule has 6 heteroatoms. The maximum absolute atomic E-state index is 12.6. The Bertz CT molecular complexity index is 1180. The van der Waals surface area contributed by atoms with Crippen molar-refractivity contribution in [2.75, 3.05) is 0 Å². The SMILES string of the molecule is Cc1cccc(-c2[nH]n3c(=O)cc(CCc4c(C)n[nH]c4C)nc3c2C)c1. The molecule has 4 aromatic rings. The predicted octanol–water partition coefficient (Wildman–Crippen LogP) is 3.43. The summed E-state index contributed by atoms with van der Waals surface area (Å²) in [5.41, 5.74) is 8.83. The number of nitrogens with one attached hydrogen (secondary N) is 2. The maximum Gasteiger partial charge on any atom is 0.272 e. The van der Waals surface area contributed by atoms with Crippen LogP contribution in [0.4, 0.5) is 0 Å². The molecule has 138 valence electrons. The molecule has 0 fully saturated rings. The van der Waals surface area contributed by atoms with Gasteiger partial charge in [0.05, 0.1) is 11.4 Å². The van der Waals surface area contributed by atoms with Crippen LogP contribution in [0.5, 0.6) is 0 Å². The van der Waals surface area contributed by atoms with Gasteiger partial charge in [-0.15, -0.1) is 0 Å². The number of rotatable bonds is 4. The van der Waals surface area contributed by atoms with E-state index < -0.39 is 0 Å². The molecule has 1 aromatic carbocycles. The molecule has 0 spiro atoms. The Morgan fingerprint density at radius 2 is 1.89 bits per heavy atom. The summed E-state index contributed by atoms with van der Waals surface area (Å²) in [5.74, 6) is 0. The summed E-state index contributed by atoms with van der Waals surface area (Å²) in [7, 11) is 0. The molecule has 0 aliphatic heterocycles. The first kappa shape index (κ1) is 17.3. The number of benzene rings is 1. The molecular weight excluding hydrogens is 338 g/mol. The lowest BCUT2D eigenvalue weighted by Gasteiger charge is -2.03. The Balaban J connectivity index is 1.73. The van der Waals surface area contributed by atoms with Gasteiger partial charge in [-0.05, 0) is 52.2 Å². The summed E-state index contributed by atoms with van der Waals surface area (Å²) < 4.78 is 1.53. The summed E-state index contributed by atoms with van der Waals surface area (Å²) in [4.78, 5) is 17.4. The fourth-order valence-electron chi connectivity index (χ4n) is 3.60. The van der Waals surface area contributed by atoms with Gasteiger partial charge >= 0.3 is 0 Å². The molecule has 2 N–H and O–H groups in total. The fourth-order valence-corrected chi connectivity index (χ4v) is 3.60. The molecule has 0 radical (unpaired) electrons. The third-order valence-corrected chi connectivity index (χ3v) is 5.12. The average Bonchev–Trinajstić information content (AvgIpc) is 3.14. The topological polar surface area (TPSA) is 78.8 Å². The van der Waals surface area contributed by atoms with Crippen molar-refractivity contribution < 1.29 is 0 Å². The van der Waals surface area contributed by atoms with E-state index in [0.29, 0.717) is 12.1 Å². The number of nitrogens with zero attached hydrogens (tertiary/aromatic N) is 3. The molecule has 27 heavy (non-hydrogen) atoms. The summed E-state index contributed by atoms with van der Waals surface area (Å²) in [6.45, 7) is 8.08. The quantitative estimate of drug-likeness (QED) is 0.584. The monoisotopic (exact) mass is 361 g/mol. The van der Waals surface area contributed by atoms with Crippen molar-refractivity contribution in [1.82, 2.24) is 24.8 Å². The smallest absolute Gasteiger partial charge is 0.272 e. The number of aromatic nitrogens is 5. The average molecular weight is 361 g/mol. The number of aromatic amines is 2. The Kier molecular flexibility index (Phi) is 4.18. The normalized spacial score (nSPS) is 11.4. The first-order valence-corrected chi connectivity index (χ1v) is 9.13. The van der Waals surface area contributed by atoms with Crippen LogP contribution in [0.2, 0.25) is 0 Å². The molecule has 0 saturated heterocycles. The van der Waals surface area contributed by atoms with Crippen molar-refractivity contribution in [2.24, 2.45) is 0 Å². The number of hydrogen-bond acceptors (Lipinski definition) is 3. The fraction of sp³-hybridized carbons (Fsp3) is 0.286. The van der Waals surface area contributed by atoms with E-state index >= 15 is 0 Å². The molecule has 6 nitrogen and oxygen atoms in total. The summed E-state index contributed by atoms with van der Waals surface area (Å²) in [6, 6.07) is 9.85. The first-order chi connectivity index (χ1) is 12.9. The van der Waals surface area contributed by atoms with Crippen molar-refractivity contribution in [2.45, 2.75) is 40.5 Å². The molecule has 0 saturated carbocycles. The zero-order chi connectivity index (χ0) is 19.1. The van der Waals surface area contributed by atoms with E-state index in [9.17, 15) is 4.79 Å². The van der Waals surface area contributed by atoms with Crippen LogP contribution >= 0.6 is 0 Å². The second kappa shape index (κ2) is 6.54. The first-order valence-electron chi connectivity index (χ1n) is 9.13. The maximum atomic E-state index is 12.6. The van der Waals surface area contributed by atoms with Crippen LogP contribution in [0, 0.1) is 27.7 Å². The highest BCUT2D eigenvalue weighted by molar-refractivity contribution is 5.70.